The van der Waals surface area contributed by atoms with Crippen molar-refractivity contribution in [2.75, 3.05) is 0 Å². The Labute approximate surface area is 102 Å². The third-order valence-corrected chi connectivity index (χ3v) is 2.83. The number of cyclic esters (lactones) is 2. The summed E-state index contributed by atoms with van der Waals surface area (Å²) < 4.78 is 4.54. The normalized spacial score (nSPS) is 20.3. The van der Waals surface area contributed by atoms with Gasteiger partial charge >= 0.3 is 11.9 Å². The Kier molecular flexibility index (Phi) is 4.88. The molecule has 2 unspecified atom stereocenters. The van der Waals surface area contributed by atoms with E-state index in [1.807, 2.05) is 51.1 Å². The monoisotopic (exact) mass is 234 g/mol. The number of hydrogen-bond donors (Lipinski definition) is 0. The highest BCUT2D eigenvalue weighted by Crippen LogP contribution is 2.31. The van der Waals surface area contributed by atoms with Gasteiger partial charge < -0.3 is 4.74 Å². The molecule has 0 radical (unpaired) electrons. The molecule has 0 aliphatic carbocycles. The van der Waals surface area contributed by atoms with Crippen LogP contribution in [-0.4, -0.2) is 11.9 Å². The number of rotatable bonds is 2. The summed E-state index contributed by atoms with van der Waals surface area (Å²) in [6.45, 7) is 5.94. The van der Waals surface area contributed by atoms with Crippen LogP contribution in [0.3, 0.4) is 0 Å². The molecule has 0 spiro atoms. The van der Waals surface area contributed by atoms with Gasteiger partial charge in [-0.05, 0) is 11.5 Å². The van der Waals surface area contributed by atoms with E-state index in [0.717, 1.165) is 5.56 Å². The van der Waals surface area contributed by atoms with Crippen molar-refractivity contribution in [3.63, 3.8) is 0 Å². The zero-order valence-electron chi connectivity index (χ0n) is 10.5. The number of carbonyl (C=O) groups is 2. The molecule has 3 nitrogen and oxygen atoms in total. The van der Waals surface area contributed by atoms with E-state index in [4.69, 9.17) is 0 Å². The molecule has 1 fully saturated rings. The zero-order chi connectivity index (χ0) is 12.8. The second kappa shape index (κ2) is 6.18. The molecule has 1 saturated heterocycles. The van der Waals surface area contributed by atoms with Gasteiger partial charge in [-0.15, -0.1) is 0 Å². The lowest BCUT2D eigenvalue weighted by Crippen LogP contribution is -2.15. The van der Waals surface area contributed by atoms with Gasteiger partial charge in [0.2, 0.25) is 0 Å². The lowest BCUT2D eigenvalue weighted by molar-refractivity contribution is -0.153. The van der Waals surface area contributed by atoms with Crippen LogP contribution in [0, 0.1) is 5.92 Å². The Morgan fingerprint density at radius 3 is 2.24 bits per heavy atom. The smallest absolute Gasteiger partial charge is 0.317 e. The SMILES string of the molecule is CC.CC(c1ccccc1)C1CC(=O)OC1=O. The standard InChI is InChI=1S/C12H12O3.C2H6/c1-8(9-5-3-2-4-6-9)10-7-11(13)15-12(10)14;1-2/h2-6,8,10H,7H2,1H3;1-2H3. The van der Waals surface area contributed by atoms with Crippen molar-refractivity contribution < 1.29 is 14.3 Å². The van der Waals surface area contributed by atoms with E-state index in [2.05, 4.69) is 4.74 Å². The molecule has 0 bridgehead atoms. The number of esters is 2. The van der Waals surface area contributed by atoms with Gasteiger partial charge in [-0.2, -0.15) is 0 Å². The Morgan fingerprint density at radius 2 is 1.76 bits per heavy atom. The average Bonchev–Trinajstić information content (AvgIpc) is 2.71. The first-order valence-electron chi connectivity index (χ1n) is 5.98. The molecule has 17 heavy (non-hydrogen) atoms. The highest BCUT2D eigenvalue weighted by atomic mass is 16.6. The summed E-state index contributed by atoms with van der Waals surface area (Å²) in [7, 11) is 0. The van der Waals surface area contributed by atoms with Crippen molar-refractivity contribution in [2.45, 2.75) is 33.1 Å². The molecule has 1 aromatic carbocycles. The van der Waals surface area contributed by atoms with Gasteiger partial charge in [0.05, 0.1) is 12.3 Å². The van der Waals surface area contributed by atoms with E-state index in [-0.39, 0.29) is 18.3 Å². The van der Waals surface area contributed by atoms with Crippen molar-refractivity contribution in [3.05, 3.63) is 35.9 Å². The first-order chi connectivity index (χ1) is 8.18. The minimum Gasteiger partial charge on any atom is -0.393 e. The third kappa shape index (κ3) is 3.16. The molecule has 2 rings (SSSR count). The van der Waals surface area contributed by atoms with E-state index in [0.29, 0.717) is 0 Å². The molecular formula is C14H18O3. The molecule has 92 valence electrons. The Morgan fingerprint density at radius 1 is 1.18 bits per heavy atom. The fourth-order valence-electron chi connectivity index (χ4n) is 1.86. The summed E-state index contributed by atoms with van der Waals surface area (Å²) in [4.78, 5) is 22.3. The fraction of sp³-hybridized carbons (Fsp3) is 0.429. The third-order valence-electron chi connectivity index (χ3n) is 2.83. The van der Waals surface area contributed by atoms with Crippen LogP contribution in [0.4, 0.5) is 0 Å². The van der Waals surface area contributed by atoms with Crippen molar-refractivity contribution in [1.82, 2.24) is 0 Å². The van der Waals surface area contributed by atoms with E-state index < -0.39 is 11.9 Å². The van der Waals surface area contributed by atoms with Gasteiger partial charge in [-0.1, -0.05) is 51.1 Å². The molecule has 0 saturated carbocycles. The number of benzene rings is 1. The second-order valence-electron chi connectivity index (χ2n) is 3.80. The molecule has 1 heterocycles. The van der Waals surface area contributed by atoms with Gasteiger partial charge in [-0.25, -0.2) is 0 Å². The van der Waals surface area contributed by atoms with E-state index >= 15 is 0 Å². The van der Waals surface area contributed by atoms with E-state index in [1.54, 1.807) is 0 Å². The molecule has 1 aromatic rings. The number of hydrogen-bond acceptors (Lipinski definition) is 3. The largest absolute Gasteiger partial charge is 0.393 e. The summed E-state index contributed by atoms with van der Waals surface area (Å²) in [5.74, 6) is -1.09. The van der Waals surface area contributed by atoms with E-state index in [9.17, 15) is 9.59 Å². The lowest BCUT2D eigenvalue weighted by atomic mass is 9.87. The van der Waals surface area contributed by atoms with Crippen LogP contribution in [-0.2, 0) is 14.3 Å². The van der Waals surface area contributed by atoms with Gasteiger partial charge in [0.25, 0.3) is 0 Å². The minimum absolute atomic E-state index is 0.0325. The summed E-state index contributed by atoms with van der Waals surface area (Å²) in [5.41, 5.74) is 1.06. The second-order valence-corrected chi connectivity index (χ2v) is 3.80. The Balaban J connectivity index is 0.000000686. The minimum atomic E-state index is -0.409. The highest BCUT2D eigenvalue weighted by molar-refractivity contribution is 5.95. The molecule has 3 heteroatoms. The van der Waals surface area contributed by atoms with Crippen LogP contribution >= 0.6 is 0 Å². The molecule has 0 aromatic heterocycles. The van der Waals surface area contributed by atoms with Crippen LogP contribution < -0.4 is 0 Å². The van der Waals surface area contributed by atoms with Crippen molar-refractivity contribution in [2.24, 2.45) is 5.92 Å². The zero-order valence-corrected chi connectivity index (χ0v) is 10.5. The maximum absolute atomic E-state index is 11.4. The summed E-state index contributed by atoms with van der Waals surface area (Å²) in [5, 5.41) is 0. The summed E-state index contributed by atoms with van der Waals surface area (Å²) >= 11 is 0. The quantitative estimate of drug-likeness (QED) is 0.583. The lowest BCUT2D eigenvalue weighted by Gasteiger charge is -2.14. The van der Waals surface area contributed by atoms with Crippen LogP contribution in [0.2, 0.25) is 0 Å². The fourth-order valence-corrected chi connectivity index (χ4v) is 1.86. The molecule has 2 atom stereocenters. The predicted octanol–water partition coefficient (Wildman–Crippen LogP) is 2.91. The van der Waals surface area contributed by atoms with Gasteiger partial charge in [0.1, 0.15) is 0 Å². The Bertz CT molecular complexity index is 384. The molecule has 0 amide bonds. The van der Waals surface area contributed by atoms with Gasteiger partial charge in [-0.3, -0.25) is 9.59 Å². The highest BCUT2D eigenvalue weighted by Gasteiger charge is 2.37. The van der Waals surface area contributed by atoms with Crippen molar-refractivity contribution in [3.8, 4) is 0 Å². The summed E-state index contributed by atoms with van der Waals surface area (Å²) in [6, 6.07) is 9.69. The Hall–Kier alpha value is -1.64. The molecule has 1 aliphatic heterocycles. The first kappa shape index (κ1) is 13.4. The van der Waals surface area contributed by atoms with E-state index in [1.165, 1.54) is 0 Å². The average molecular weight is 234 g/mol. The van der Waals surface area contributed by atoms with Gasteiger partial charge in [0, 0.05) is 0 Å². The molecule has 0 N–H and O–H groups in total. The van der Waals surface area contributed by atoms with Crippen LogP contribution in [0.25, 0.3) is 0 Å². The maximum Gasteiger partial charge on any atom is 0.317 e. The predicted molar refractivity (Wildman–Crippen MR) is 65.4 cm³/mol. The molecule has 1 aliphatic rings. The number of ether oxygens (including phenoxy) is 1. The number of carbonyl (C=O) groups excluding carboxylic acids is 2. The first-order valence-corrected chi connectivity index (χ1v) is 5.98. The maximum atomic E-state index is 11.4. The molecular weight excluding hydrogens is 216 g/mol. The van der Waals surface area contributed by atoms with Crippen LogP contribution in [0.1, 0.15) is 38.7 Å². The van der Waals surface area contributed by atoms with Gasteiger partial charge in [0.15, 0.2) is 0 Å². The topological polar surface area (TPSA) is 43.4 Å². The van der Waals surface area contributed by atoms with Crippen LogP contribution in [0.5, 0.6) is 0 Å². The van der Waals surface area contributed by atoms with Crippen LogP contribution in [0.15, 0.2) is 30.3 Å². The van der Waals surface area contributed by atoms with Crippen molar-refractivity contribution in [1.29, 1.82) is 0 Å². The van der Waals surface area contributed by atoms with Crippen molar-refractivity contribution >= 4 is 11.9 Å². The summed E-state index contributed by atoms with van der Waals surface area (Å²) in [6.07, 6.45) is 0.203.